The number of piperidine rings is 2. The number of ether oxygens (including phenoxy) is 1. The maximum Gasteiger partial charge on any atom is 0.430 e. The monoisotopic (exact) mass is 556 g/mol. The number of benzene rings is 2. The van der Waals surface area contributed by atoms with Gasteiger partial charge < -0.3 is 15.0 Å². The molecule has 2 aromatic carbocycles. The second-order valence-electron chi connectivity index (χ2n) is 9.13. The van der Waals surface area contributed by atoms with Gasteiger partial charge >= 0.3 is 6.18 Å². The average Bonchev–Trinajstić information content (AvgIpc) is 2.81. The van der Waals surface area contributed by atoms with Gasteiger partial charge in [0, 0.05) is 49.1 Å². The summed E-state index contributed by atoms with van der Waals surface area (Å²) in [5.74, 6) is -1.83. The molecule has 2 saturated heterocycles. The lowest BCUT2D eigenvalue weighted by Gasteiger charge is -2.50. The van der Waals surface area contributed by atoms with Gasteiger partial charge in [-0.3, -0.25) is 9.59 Å². The molecule has 10 heteroatoms. The first-order valence-corrected chi connectivity index (χ1v) is 12.0. The van der Waals surface area contributed by atoms with Crippen molar-refractivity contribution in [2.45, 2.75) is 37.0 Å². The molecule has 35 heavy (non-hydrogen) atoms. The number of carbonyl (C=O) groups excluding carboxylic acids is 2. The fourth-order valence-electron chi connectivity index (χ4n) is 5.42. The van der Waals surface area contributed by atoms with Crippen LogP contribution < -0.4 is 5.32 Å². The van der Waals surface area contributed by atoms with Crippen LogP contribution in [0.2, 0.25) is 0 Å². The van der Waals surface area contributed by atoms with Crippen molar-refractivity contribution < 1.29 is 31.9 Å². The number of amides is 2. The van der Waals surface area contributed by atoms with E-state index in [1.54, 1.807) is 12.1 Å². The number of rotatable bonds is 4. The molecule has 2 fully saturated rings. The molecule has 188 valence electrons. The number of hydrogen-bond donors (Lipinski definition) is 1. The van der Waals surface area contributed by atoms with E-state index >= 15 is 0 Å². The molecular formula is C25H25BrF4N2O3. The van der Waals surface area contributed by atoms with Gasteiger partial charge in [-0.1, -0.05) is 40.2 Å². The third-order valence-electron chi connectivity index (χ3n) is 7.33. The van der Waals surface area contributed by atoms with E-state index in [9.17, 15) is 27.2 Å². The fraction of sp³-hybridized carbons (Fsp3) is 0.440. The molecule has 0 bridgehead atoms. The summed E-state index contributed by atoms with van der Waals surface area (Å²) in [6, 6.07) is 11.4. The molecule has 2 aromatic rings. The summed E-state index contributed by atoms with van der Waals surface area (Å²) in [7, 11) is 0.884. The van der Waals surface area contributed by atoms with E-state index in [1.807, 2.05) is 0 Å². The summed E-state index contributed by atoms with van der Waals surface area (Å²) in [6.45, 7) is 0.435. The molecule has 5 nitrogen and oxygen atoms in total. The van der Waals surface area contributed by atoms with Crippen LogP contribution in [-0.2, 0) is 19.9 Å². The number of methoxy groups -OCH3 is 1. The van der Waals surface area contributed by atoms with Crippen LogP contribution in [0.5, 0.6) is 0 Å². The lowest BCUT2D eigenvalue weighted by molar-refractivity contribution is -0.271. The van der Waals surface area contributed by atoms with E-state index in [2.05, 4.69) is 21.2 Å². The summed E-state index contributed by atoms with van der Waals surface area (Å²) >= 11 is 3.20. The van der Waals surface area contributed by atoms with Gasteiger partial charge in [0.2, 0.25) is 5.91 Å². The predicted octanol–water partition coefficient (Wildman–Crippen LogP) is 4.90. The molecule has 4 rings (SSSR count). The summed E-state index contributed by atoms with van der Waals surface area (Å²) in [5, 5.41) is 2.84. The lowest BCUT2D eigenvalue weighted by atomic mass is 9.62. The molecule has 1 spiro atoms. The van der Waals surface area contributed by atoms with Gasteiger partial charge in [-0.15, -0.1) is 0 Å². The molecule has 0 aromatic heterocycles. The van der Waals surface area contributed by atoms with Crippen molar-refractivity contribution in [3.8, 4) is 0 Å². The number of likely N-dealkylation sites (tertiary alicyclic amines) is 1. The maximum absolute atomic E-state index is 14.4. The molecule has 0 unspecified atom stereocenters. The van der Waals surface area contributed by atoms with E-state index in [0.717, 1.165) is 12.7 Å². The first-order chi connectivity index (χ1) is 16.5. The number of carbonyl (C=O) groups is 2. The van der Waals surface area contributed by atoms with Crippen molar-refractivity contribution >= 4 is 27.7 Å². The van der Waals surface area contributed by atoms with E-state index in [1.165, 1.54) is 41.3 Å². The Labute approximate surface area is 208 Å². The van der Waals surface area contributed by atoms with Gasteiger partial charge in [0.05, 0.1) is 0 Å². The third kappa shape index (κ3) is 4.58. The zero-order chi connectivity index (χ0) is 25.4. The first-order valence-electron chi connectivity index (χ1n) is 11.2. The van der Waals surface area contributed by atoms with Gasteiger partial charge in [-0.05, 0) is 48.1 Å². The maximum atomic E-state index is 14.4. The lowest BCUT2D eigenvalue weighted by Crippen LogP contribution is -2.60. The van der Waals surface area contributed by atoms with Crippen LogP contribution in [0.4, 0.5) is 17.6 Å². The number of nitrogens with one attached hydrogen (secondary N) is 1. The Morgan fingerprint density at radius 1 is 1.09 bits per heavy atom. The highest BCUT2D eigenvalue weighted by molar-refractivity contribution is 9.10. The number of nitrogens with zero attached hydrogens (tertiary/aromatic N) is 1. The fourth-order valence-corrected chi connectivity index (χ4v) is 5.69. The van der Waals surface area contributed by atoms with Crippen LogP contribution in [0.25, 0.3) is 0 Å². The molecule has 1 N–H and O–H groups in total. The van der Waals surface area contributed by atoms with Crippen LogP contribution in [0.3, 0.4) is 0 Å². The second kappa shape index (κ2) is 9.54. The van der Waals surface area contributed by atoms with Crippen molar-refractivity contribution in [1.82, 2.24) is 10.2 Å². The molecule has 0 saturated carbocycles. The van der Waals surface area contributed by atoms with Crippen molar-refractivity contribution in [3.63, 3.8) is 0 Å². The van der Waals surface area contributed by atoms with Crippen LogP contribution in [0.1, 0.15) is 36.3 Å². The van der Waals surface area contributed by atoms with Gasteiger partial charge in [-0.25, -0.2) is 4.39 Å². The molecule has 2 aliphatic heterocycles. The van der Waals surface area contributed by atoms with Crippen LogP contribution in [0, 0.1) is 11.2 Å². The van der Waals surface area contributed by atoms with E-state index in [0.29, 0.717) is 23.9 Å². The van der Waals surface area contributed by atoms with Crippen molar-refractivity contribution in [2.24, 2.45) is 5.41 Å². The normalized spacial score (nSPS) is 21.9. The van der Waals surface area contributed by atoms with Crippen molar-refractivity contribution in [2.75, 3.05) is 26.7 Å². The minimum absolute atomic E-state index is 0.0432. The Morgan fingerprint density at radius 3 is 2.23 bits per heavy atom. The Kier molecular flexibility index (Phi) is 6.98. The van der Waals surface area contributed by atoms with Gasteiger partial charge in [-0.2, -0.15) is 13.2 Å². The first kappa shape index (κ1) is 25.6. The highest BCUT2D eigenvalue weighted by Crippen LogP contribution is 2.50. The third-order valence-corrected chi connectivity index (χ3v) is 7.86. The Hall–Kier alpha value is -2.46. The standard InChI is InChI=1S/C25H25BrF4N2O3/c1-35-24(25(28,29)30,17-4-6-18(26)7-5-17)22(34)32-12-10-23(11-13-32)14-21(33)31-15-20(23)16-2-8-19(27)9-3-16/h2-9,20H,10-15H2,1H3,(H,31,33)/t20-,24+/m0/s1. The number of alkyl halides is 3. The van der Waals surface area contributed by atoms with E-state index in [-0.39, 0.29) is 42.7 Å². The highest BCUT2D eigenvalue weighted by atomic mass is 79.9. The van der Waals surface area contributed by atoms with Crippen LogP contribution in [0.15, 0.2) is 53.0 Å². The minimum atomic E-state index is -5.00. The van der Waals surface area contributed by atoms with Crippen LogP contribution >= 0.6 is 15.9 Å². The summed E-state index contributed by atoms with van der Waals surface area (Å²) < 4.78 is 62.3. The summed E-state index contributed by atoms with van der Waals surface area (Å²) in [4.78, 5) is 26.9. The zero-order valence-corrected chi connectivity index (χ0v) is 20.6. The zero-order valence-electron chi connectivity index (χ0n) is 19.0. The van der Waals surface area contributed by atoms with E-state index < -0.39 is 23.1 Å². The molecule has 2 heterocycles. The minimum Gasteiger partial charge on any atom is -0.356 e. The largest absolute Gasteiger partial charge is 0.430 e. The summed E-state index contributed by atoms with van der Waals surface area (Å²) in [5.41, 5.74) is -3.13. The molecule has 2 amide bonds. The smallest absolute Gasteiger partial charge is 0.356 e. The Morgan fingerprint density at radius 2 is 1.69 bits per heavy atom. The molecule has 0 aliphatic carbocycles. The van der Waals surface area contributed by atoms with Crippen LogP contribution in [-0.4, -0.2) is 49.6 Å². The highest BCUT2D eigenvalue weighted by Gasteiger charge is 2.64. The molecule has 0 radical (unpaired) electrons. The molecule has 2 aliphatic rings. The van der Waals surface area contributed by atoms with Gasteiger partial charge in [0.15, 0.2) is 0 Å². The van der Waals surface area contributed by atoms with Gasteiger partial charge in [0.25, 0.3) is 11.5 Å². The van der Waals surface area contributed by atoms with Crippen molar-refractivity contribution in [1.29, 1.82) is 0 Å². The summed E-state index contributed by atoms with van der Waals surface area (Å²) in [6.07, 6.45) is -4.12. The molecule has 2 atom stereocenters. The average molecular weight is 557 g/mol. The quantitative estimate of drug-likeness (QED) is 0.545. The Bertz CT molecular complexity index is 1080. The SMILES string of the molecule is CO[C@@](C(=O)N1CCC2(CC1)CC(=O)NC[C@H]2c1ccc(F)cc1)(c1ccc(Br)cc1)C(F)(F)F. The second-order valence-corrected chi connectivity index (χ2v) is 10.0. The van der Waals surface area contributed by atoms with Gasteiger partial charge in [0.1, 0.15) is 5.82 Å². The number of halogens is 5. The van der Waals surface area contributed by atoms with E-state index in [4.69, 9.17) is 4.74 Å². The van der Waals surface area contributed by atoms with Crippen molar-refractivity contribution in [3.05, 3.63) is 69.9 Å². The molecular weight excluding hydrogens is 532 g/mol. The number of hydrogen-bond acceptors (Lipinski definition) is 3. The Balaban J connectivity index is 1.62. The topological polar surface area (TPSA) is 58.6 Å². The predicted molar refractivity (Wildman–Crippen MR) is 124 cm³/mol.